The van der Waals surface area contributed by atoms with Crippen LogP contribution in [0.1, 0.15) is 15.9 Å². The first-order valence-electron chi connectivity index (χ1n) is 6.99. The molecule has 0 radical (unpaired) electrons. The Labute approximate surface area is 141 Å². The molecule has 0 saturated heterocycles. The van der Waals surface area contributed by atoms with Gasteiger partial charge in [0, 0.05) is 5.75 Å². The number of nitrogens with zero attached hydrogens (tertiary/aromatic N) is 2. The highest BCUT2D eigenvalue weighted by Gasteiger charge is 2.22. The SMILES string of the molecule is N[n+]1c(SCc2ccc(C(=O)[O-])cc2)n[nH]c1-c1ccccc1F. The molecule has 122 valence electrons. The molecular formula is C16H13FN4O2S. The van der Waals surface area contributed by atoms with Crippen molar-refractivity contribution in [1.29, 1.82) is 0 Å². The van der Waals surface area contributed by atoms with Crippen molar-refractivity contribution < 1.29 is 19.0 Å². The topological polar surface area (TPSA) is 98.7 Å². The Bertz CT molecular complexity index is 880. The van der Waals surface area contributed by atoms with Crippen LogP contribution in [0.25, 0.3) is 11.4 Å². The van der Waals surface area contributed by atoms with Gasteiger partial charge in [0.15, 0.2) is 0 Å². The Balaban J connectivity index is 1.75. The van der Waals surface area contributed by atoms with Crippen molar-refractivity contribution in [3.63, 3.8) is 0 Å². The van der Waals surface area contributed by atoms with Crippen molar-refractivity contribution in [2.24, 2.45) is 0 Å². The highest BCUT2D eigenvalue weighted by Crippen LogP contribution is 2.21. The maximum atomic E-state index is 13.8. The number of nitrogens with two attached hydrogens (primary N) is 1. The number of aromatic amines is 1. The normalized spacial score (nSPS) is 10.7. The fraction of sp³-hybridized carbons (Fsp3) is 0.0625. The minimum absolute atomic E-state index is 0.124. The standard InChI is InChI=1S/C16H13FN4O2S/c17-13-4-2-1-3-12(13)14-19-20-16(21(14)18)24-9-10-5-7-11(8-6-10)15(22)23/h1-8H,9,18H2,(H,22,23). The van der Waals surface area contributed by atoms with Crippen LogP contribution < -0.4 is 15.6 Å². The van der Waals surface area contributed by atoms with Crippen molar-refractivity contribution in [2.45, 2.75) is 10.9 Å². The van der Waals surface area contributed by atoms with Crippen molar-refractivity contribution in [2.75, 3.05) is 5.84 Å². The molecule has 0 saturated carbocycles. The lowest BCUT2D eigenvalue weighted by molar-refractivity contribution is -0.667. The van der Waals surface area contributed by atoms with Gasteiger partial charge in [0.05, 0.1) is 16.6 Å². The van der Waals surface area contributed by atoms with Gasteiger partial charge in [-0.05, 0) is 35.0 Å². The molecule has 3 N–H and O–H groups in total. The van der Waals surface area contributed by atoms with Gasteiger partial charge in [-0.3, -0.25) is 5.84 Å². The van der Waals surface area contributed by atoms with Crippen LogP contribution in [-0.2, 0) is 5.75 Å². The third-order valence-electron chi connectivity index (χ3n) is 3.39. The van der Waals surface area contributed by atoms with E-state index in [1.807, 2.05) is 0 Å². The van der Waals surface area contributed by atoms with E-state index in [-0.39, 0.29) is 5.56 Å². The number of halogens is 1. The third-order valence-corrected chi connectivity index (χ3v) is 4.41. The molecule has 0 unspecified atom stereocenters. The summed E-state index contributed by atoms with van der Waals surface area (Å²) in [4.78, 5) is 10.7. The lowest BCUT2D eigenvalue weighted by Gasteiger charge is -2.03. The van der Waals surface area contributed by atoms with Gasteiger partial charge in [0.25, 0.3) is 5.82 Å². The summed E-state index contributed by atoms with van der Waals surface area (Å²) in [6.07, 6.45) is 0. The van der Waals surface area contributed by atoms with Gasteiger partial charge < -0.3 is 9.90 Å². The number of hydrogen-bond acceptors (Lipinski definition) is 5. The summed E-state index contributed by atoms with van der Waals surface area (Å²) >= 11 is 1.35. The summed E-state index contributed by atoms with van der Waals surface area (Å²) in [6, 6.07) is 12.6. The fourth-order valence-corrected chi connectivity index (χ4v) is 2.96. The van der Waals surface area contributed by atoms with Crippen LogP contribution in [0.5, 0.6) is 0 Å². The van der Waals surface area contributed by atoms with Crippen LogP contribution in [0.2, 0.25) is 0 Å². The molecular weight excluding hydrogens is 331 g/mol. The number of carboxylic acids is 1. The van der Waals surface area contributed by atoms with Gasteiger partial charge >= 0.3 is 5.16 Å². The maximum Gasteiger partial charge on any atom is 0.358 e. The number of benzene rings is 2. The van der Waals surface area contributed by atoms with Crippen molar-refractivity contribution >= 4 is 17.7 Å². The molecule has 24 heavy (non-hydrogen) atoms. The predicted octanol–water partition coefficient (Wildman–Crippen LogP) is 0.873. The zero-order valence-corrected chi connectivity index (χ0v) is 13.2. The average Bonchev–Trinajstić information content (AvgIpc) is 2.94. The molecule has 1 heterocycles. The zero-order valence-electron chi connectivity index (χ0n) is 12.4. The van der Waals surface area contributed by atoms with E-state index in [1.165, 1.54) is 34.6 Å². The van der Waals surface area contributed by atoms with Crippen molar-refractivity contribution in [1.82, 2.24) is 10.2 Å². The number of aromatic carboxylic acids is 1. The van der Waals surface area contributed by atoms with Crippen LogP contribution in [-0.4, -0.2) is 16.2 Å². The molecule has 0 atom stereocenters. The Morgan fingerprint density at radius 1 is 1.25 bits per heavy atom. The predicted molar refractivity (Wildman–Crippen MR) is 84.7 cm³/mol. The van der Waals surface area contributed by atoms with Gasteiger partial charge in [0.1, 0.15) is 5.82 Å². The summed E-state index contributed by atoms with van der Waals surface area (Å²) in [5.74, 6) is 5.27. The number of carbonyl (C=O) groups is 1. The molecule has 3 rings (SSSR count). The van der Waals surface area contributed by atoms with E-state index in [9.17, 15) is 14.3 Å². The average molecular weight is 344 g/mol. The number of thioether (sulfide) groups is 1. The summed E-state index contributed by atoms with van der Waals surface area (Å²) in [7, 11) is 0. The van der Waals surface area contributed by atoms with E-state index in [4.69, 9.17) is 5.84 Å². The second-order valence-corrected chi connectivity index (χ2v) is 5.92. The maximum absolute atomic E-state index is 13.8. The molecule has 2 aromatic carbocycles. The fourth-order valence-electron chi connectivity index (χ4n) is 2.13. The first kappa shape index (κ1) is 16.0. The van der Waals surface area contributed by atoms with Crippen LogP contribution in [0.4, 0.5) is 4.39 Å². The van der Waals surface area contributed by atoms with Gasteiger partial charge in [-0.25, -0.2) is 4.39 Å². The highest BCUT2D eigenvalue weighted by molar-refractivity contribution is 7.98. The van der Waals surface area contributed by atoms with E-state index in [2.05, 4.69) is 10.2 Å². The minimum atomic E-state index is -1.21. The monoisotopic (exact) mass is 344 g/mol. The van der Waals surface area contributed by atoms with Crippen LogP contribution in [0.15, 0.2) is 53.7 Å². The van der Waals surface area contributed by atoms with E-state index >= 15 is 0 Å². The molecule has 0 aliphatic heterocycles. The lowest BCUT2D eigenvalue weighted by atomic mass is 10.1. The second-order valence-electron chi connectivity index (χ2n) is 4.98. The first-order chi connectivity index (χ1) is 11.6. The zero-order chi connectivity index (χ0) is 17.1. The van der Waals surface area contributed by atoms with E-state index in [0.717, 1.165) is 5.56 Å². The molecule has 0 fully saturated rings. The number of aromatic nitrogens is 3. The first-order valence-corrected chi connectivity index (χ1v) is 7.98. The third kappa shape index (κ3) is 3.23. The number of H-pyrrole nitrogens is 1. The minimum Gasteiger partial charge on any atom is -0.545 e. The molecule has 0 bridgehead atoms. The Hall–Kier alpha value is -2.87. The molecule has 0 amide bonds. The largest absolute Gasteiger partial charge is 0.545 e. The van der Waals surface area contributed by atoms with Gasteiger partial charge in [-0.2, -0.15) is 0 Å². The van der Waals surface area contributed by atoms with Gasteiger partial charge in [-0.1, -0.05) is 36.4 Å². The Morgan fingerprint density at radius 3 is 2.62 bits per heavy atom. The van der Waals surface area contributed by atoms with Crippen LogP contribution in [0.3, 0.4) is 0 Å². The van der Waals surface area contributed by atoms with Crippen molar-refractivity contribution in [3.8, 4) is 11.4 Å². The number of carboxylic acid groups (broad SMARTS) is 1. The number of nitrogen functional groups attached to an aromatic ring is 1. The number of carbonyl (C=O) groups excluding carboxylic acids is 1. The molecule has 0 aliphatic carbocycles. The molecule has 1 aromatic heterocycles. The smallest absolute Gasteiger partial charge is 0.358 e. The molecule has 0 aliphatic rings. The van der Waals surface area contributed by atoms with E-state index in [0.29, 0.717) is 22.3 Å². The molecule has 6 nitrogen and oxygen atoms in total. The number of rotatable bonds is 5. The van der Waals surface area contributed by atoms with E-state index < -0.39 is 11.8 Å². The van der Waals surface area contributed by atoms with Gasteiger partial charge in [0.2, 0.25) is 0 Å². The summed E-state index contributed by atoms with van der Waals surface area (Å²) in [6.45, 7) is 0. The molecule has 3 aromatic rings. The quantitative estimate of drug-likeness (QED) is 0.407. The van der Waals surface area contributed by atoms with Crippen molar-refractivity contribution in [3.05, 3.63) is 65.5 Å². The van der Waals surface area contributed by atoms with Gasteiger partial charge in [-0.15, -0.1) is 9.77 Å². The Morgan fingerprint density at radius 2 is 1.96 bits per heavy atom. The number of nitrogens with one attached hydrogen (secondary N) is 1. The highest BCUT2D eigenvalue weighted by atomic mass is 32.2. The molecule has 0 spiro atoms. The second kappa shape index (κ2) is 6.71. The van der Waals surface area contributed by atoms with Crippen LogP contribution in [0, 0.1) is 5.82 Å². The lowest BCUT2D eigenvalue weighted by Crippen LogP contribution is -2.47. The Kier molecular flexibility index (Phi) is 4.48. The van der Waals surface area contributed by atoms with Crippen LogP contribution >= 0.6 is 11.8 Å². The molecule has 8 heteroatoms. The number of hydrogen-bond donors (Lipinski definition) is 2. The van der Waals surface area contributed by atoms with E-state index in [1.54, 1.807) is 30.3 Å². The summed E-state index contributed by atoms with van der Waals surface area (Å²) in [5, 5.41) is 18.0. The summed E-state index contributed by atoms with van der Waals surface area (Å²) in [5.41, 5.74) is 1.36. The summed E-state index contributed by atoms with van der Waals surface area (Å²) < 4.78 is 15.1.